The van der Waals surface area contributed by atoms with Crippen LogP contribution in [0.3, 0.4) is 0 Å². The van der Waals surface area contributed by atoms with Crippen molar-refractivity contribution >= 4 is 9.84 Å². The van der Waals surface area contributed by atoms with Crippen LogP contribution in [0.1, 0.15) is 55.1 Å². The van der Waals surface area contributed by atoms with Gasteiger partial charge in [0, 0.05) is 30.8 Å². The molecule has 1 aromatic carbocycles. The van der Waals surface area contributed by atoms with Crippen LogP contribution < -0.4 is 9.47 Å². The van der Waals surface area contributed by atoms with E-state index in [0.29, 0.717) is 47.7 Å². The smallest absolute Gasteiger partial charge is 0.160 e. The Labute approximate surface area is 205 Å². The number of nitrogens with zero attached hydrogens (tertiary/aromatic N) is 5. The molecular weight excluding hydrogens is 470 g/mol. The molecule has 11 heteroatoms. The summed E-state index contributed by atoms with van der Waals surface area (Å²) in [7, 11) is -0.536. The van der Waals surface area contributed by atoms with Gasteiger partial charge in [-0.15, -0.1) is 10.2 Å². The first-order valence-electron chi connectivity index (χ1n) is 11.5. The molecule has 10 nitrogen and oxygen atoms in total. The fourth-order valence-corrected chi connectivity index (χ4v) is 5.79. The minimum Gasteiger partial charge on any atom is -0.494 e. The van der Waals surface area contributed by atoms with Crippen molar-refractivity contribution < 1.29 is 22.6 Å². The molecule has 1 aliphatic rings. The number of methoxy groups -OCH3 is 2. The Bertz CT molecular complexity index is 1250. The normalized spacial score (nSPS) is 17.8. The summed E-state index contributed by atoms with van der Waals surface area (Å²) in [6.45, 7) is 6.48. The van der Waals surface area contributed by atoms with E-state index in [1.54, 1.807) is 50.2 Å². The van der Waals surface area contributed by atoms with Gasteiger partial charge in [0.05, 0.1) is 37.5 Å². The van der Waals surface area contributed by atoms with Crippen molar-refractivity contribution in [2.45, 2.75) is 50.0 Å². The Morgan fingerprint density at radius 2 is 1.83 bits per heavy atom. The van der Waals surface area contributed by atoms with Crippen molar-refractivity contribution in [2.75, 3.05) is 27.4 Å². The second-order valence-corrected chi connectivity index (χ2v) is 11.1. The number of benzene rings is 1. The highest BCUT2D eigenvalue weighted by atomic mass is 32.2. The molecule has 4 rings (SSSR count). The van der Waals surface area contributed by atoms with Gasteiger partial charge in [0.15, 0.2) is 15.7 Å². The molecule has 3 heterocycles. The molecular formula is C24H31N5O5S. The van der Waals surface area contributed by atoms with E-state index in [9.17, 15) is 8.42 Å². The molecule has 2 aromatic heterocycles. The van der Waals surface area contributed by atoms with Gasteiger partial charge in [-0.3, -0.25) is 14.5 Å². The monoisotopic (exact) mass is 501 g/mol. The first kappa shape index (κ1) is 25.1. The number of sulfone groups is 1. The van der Waals surface area contributed by atoms with E-state index in [4.69, 9.17) is 14.2 Å². The Hall–Kier alpha value is -3.05. The largest absolute Gasteiger partial charge is 0.494 e. The van der Waals surface area contributed by atoms with Crippen LogP contribution in [0.15, 0.2) is 30.6 Å². The van der Waals surface area contributed by atoms with E-state index < -0.39 is 15.1 Å². The second kappa shape index (κ2) is 10.3. The molecule has 0 bridgehead atoms. The number of hydrogen-bond acceptors (Lipinski definition) is 9. The summed E-state index contributed by atoms with van der Waals surface area (Å²) < 4.78 is 45.7. The third kappa shape index (κ3) is 5.01. The third-order valence-electron chi connectivity index (χ3n) is 6.54. The van der Waals surface area contributed by atoms with Gasteiger partial charge in [0.2, 0.25) is 0 Å². The summed E-state index contributed by atoms with van der Waals surface area (Å²) in [6, 6.07) is 5.41. The van der Waals surface area contributed by atoms with Crippen molar-refractivity contribution in [1.29, 1.82) is 0 Å². The van der Waals surface area contributed by atoms with Crippen LogP contribution in [-0.2, 0) is 20.3 Å². The fourth-order valence-electron chi connectivity index (χ4n) is 4.22. The van der Waals surface area contributed by atoms with Crippen molar-refractivity contribution in [3.8, 4) is 17.2 Å². The lowest BCUT2D eigenvalue weighted by molar-refractivity contribution is 0.193. The van der Waals surface area contributed by atoms with Crippen molar-refractivity contribution in [3.63, 3.8) is 0 Å². The number of aryl methyl sites for hydroxylation is 1. The van der Waals surface area contributed by atoms with E-state index in [0.717, 1.165) is 12.1 Å². The summed E-state index contributed by atoms with van der Waals surface area (Å²) in [5.41, 5.74) is 1.97. The molecule has 1 aliphatic heterocycles. The lowest BCUT2D eigenvalue weighted by Crippen LogP contribution is -2.27. The van der Waals surface area contributed by atoms with E-state index in [2.05, 4.69) is 20.2 Å². The molecule has 1 saturated heterocycles. The maximum Gasteiger partial charge on any atom is 0.160 e. The molecule has 0 spiro atoms. The Balaban J connectivity index is 1.76. The summed E-state index contributed by atoms with van der Waals surface area (Å²) in [5, 5.41) is 8.04. The van der Waals surface area contributed by atoms with Crippen molar-refractivity contribution in [1.82, 2.24) is 24.7 Å². The SMILES string of the molecule is COc1cccc(OC)c1-n1c(CS(=O)(=O)[C@@H](C)[C@H](C)c2cnc(C)cn2)nnc1[C@@H]1CCOC1. The lowest BCUT2D eigenvalue weighted by Gasteiger charge is -2.21. The number of hydrogen-bond donors (Lipinski definition) is 0. The van der Waals surface area contributed by atoms with E-state index in [-0.39, 0.29) is 17.6 Å². The van der Waals surface area contributed by atoms with Gasteiger partial charge in [0.25, 0.3) is 0 Å². The minimum absolute atomic E-state index is 0.0206. The molecule has 0 unspecified atom stereocenters. The molecule has 0 aliphatic carbocycles. The molecule has 0 radical (unpaired) electrons. The lowest BCUT2D eigenvalue weighted by atomic mass is 10.1. The van der Waals surface area contributed by atoms with Crippen LogP contribution in [0.4, 0.5) is 0 Å². The molecule has 188 valence electrons. The second-order valence-electron chi connectivity index (χ2n) is 8.77. The highest BCUT2D eigenvalue weighted by molar-refractivity contribution is 7.91. The van der Waals surface area contributed by atoms with Gasteiger partial charge in [-0.2, -0.15) is 0 Å². The Morgan fingerprint density at radius 3 is 2.40 bits per heavy atom. The summed E-state index contributed by atoms with van der Waals surface area (Å²) >= 11 is 0. The van der Waals surface area contributed by atoms with E-state index >= 15 is 0 Å². The van der Waals surface area contributed by atoms with Gasteiger partial charge < -0.3 is 14.2 Å². The van der Waals surface area contributed by atoms with Crippen LogP contribution >= 0.6 is 0 Å². The fraction of sp³-hybridized carbons (Fsp3) is 0.500. The molecule has 3 atom stereocenters. The zero-order chi connectivity index (χ0) is 25.2. The summed E-state index contributed by atoms with van der Waals surface area (Å²) in [4.78, 5) is 8.64. The Morgan fingerprint density at radius 1 is 1.11 bits per heavy atom. The topological polar surface area (TPSA) is 118 Å². The Kier molecular flexibility index (Phi) is 7.36. The van der Waals surface area contributed by atoms with Gasteiger partial charge in [-0.1, -0.05) is 13.0 Å². The first-order valence-corrected chi connectivity index (χ1v) is 13.2. The molecule has 0 amide bonds. The zero-order valence-corrected chi connectivity index (χ0v) is 21.4. The number of aromatic nitrogens is 5. The van der Waals surface area contributed by atoms with Crippen LogP contribution in [0.2, 0.25) is 0 Å². The van der Waals surface area contributed by atoms with Gasteiger partial charge in [-0.25, -0.2) is 8.42 Å². The average molecular weight is 502 g/mol. The minimum atomic E-state index is -3.65. The van der Waals surface area contributed by atoms with Crippen LogP contribution in [0, 0.1) is 6.92 Å². The van der Waals surface area contributed by atoms with Crippen LogP contribution in [-0.4, -0.2) is 65.8 Å². The number of ether oxygens (including phenoxy) is 3. The molecule has 0 saturated carbocycles. The van der Waals surface area contributed by atoms with Crippen molar-refractivity contribution in [2.24, 2.45) is 0 Å². The zero-order valence-electron chi connectivity index (χ0n) is 20.6. The predicted molar refractivity (Wildman–Crippen MR) is 130 cm³/mol. The number of para-hydroxylation sites is 1. The third-order valence-corrected chi connectivity index (χ3v) is 8.75. The number of rotatable bonds is 9. The van der Waals surface area contributed by atoms with Gasteiger partial charge >= 0.3 is 0 Å². The summed E-state index contributed by atoms with van der Waals surface area (Å²) in [6.07, 6.45) is 4.04. The predicted octanol–water partition coefficient (Wildman–Crippen LogP) is 2.99. The van der Waals surface area contributed by atoms with Crippen LogP contribution in [0.5, 0.6) is 11.5 Å². The highest BCUT2D eigenvalue weighted by Crippen LogP contribution is 2.37. The molecule has 1 fully saturated rings. The van der Waals surface area contributed by atoms with E-state index in [1.807, 2.05) is 19.9 Å². The molecule has 0 N–H and O–H groups in total. The molecule has 35 heavy (non-hydrogen) atoms. The van der Waals surface area contributed by atoms with Gasteiger partial charge in [-0.05, 0) is 32.4 Å². The highest BCUT2D eigenvalue weighted by Gasteiger charge is 2.34. The van der Waals surface area contributed by atoms with Crippen molar-refractivity contribution in [3.05, 3.63) is 53.6 Å². The first-order chi connectivity index (χ1) is 16.8. The van der Waals surface area contributed by atoms with E-state index in [1.165, 1.54) is 0 Å². The average Bonchev–Trinajstić information content (AvgIpc) is 3.52. The molecule has 3 aromatic rings. The maximum atomic E-state index is 13.6. The van der Waals surface area contributed by atoms with Gasteiger partial charge in [0.1, 0.15) is 28.8 Å². The maximum absolute atomic E-state index is 13.6. The van der Waals surface area contributed by atoms with Crippen LogP contribution in [0.25, 0.3) is 5.69 Å². The summed E-state index contributed by atoms with van der Waals surface area (Å²) in [5.74, 6) is 1.29. The quantitative estimate of drug-likeness (QED) is 0.436. The standard InChI is InChI=1S/C24H31N5O5S/c1-15-11-26-19(12-25-15)16(2)17(3)35(30,31)14-22-27-28-24(18-9-10-34-13-18)29(22)23-20(32-4)7-6-8-21(23)33-5/h6-8,11-12,16-18H,9-10,13-14H2,1-5H3/t16-,17-,18+/m0/s1.